The summed E-state index contributed by atoms with van der Waals surface area (Å²) in [6.07, 6.45) is -0.352. The van der Waals surface area contributed by atoms with Gasteiger partial charge in [-0.2, -0.15) is 0 Å². The number of Topliss-reactive ketones (excluding diaryl/α,β-unsaturated/α-hetero) is 1. The van der Waals surface area contributed by atoms with E-state index in [1.807, 2.05) is 0 Å². The number of anilines is 1. The summed E-state index contributed by atoms with van der Waals surface area (Å²) in [4.78, 5) is 22.6. The quantitative estimate of drug-likeness (QED) is 0.784. The molecule has 0 aliphatic carbocycles. The van der Waals surface area contributed by atoms with Crippen LogP contribution in [0.5, 0.6) is 0 Å². The van der Waals surface area contributed by atoms with Crippen molar-refractivity contribution < 1.29 is 19.1 Å². The van der Waals surface area contributed by atoms with Crippen molar-refractivity contribution >= 4 is 17.4 Å². The van der Waals surface area contributed by atoms with Gasteiger partial charge >= 0.3 is 0 Å². The average molecular weight is 223 g/mol. The van der Waals surface area contributed by atoms with E-state index in [0.29, 0.717) is 5.69 Å². The first-order valence-electron chi connectivity index (χ1n) is 4.77. The van der Waals surface area contributed by atoms with Crippen LogP contribution in [0.3, 0.4) is 0 Å². The van der Waals surface area contributed by atoms with Gasteiger partial charge in [-0.05, 0) is 25.1 Å². The van der Waals surface area contributed by atoms with Gasteiger partial charge in [0.15, 0.2) is 5.60 Å². The van der Waals surface area contributed by atoms with Gasteiger partial charge in [0, 0.05) is 17.7 Å². The van der Waals surface area contributed by atoms with Crippen molar-refractivity contribution in [3.05, 3.63) is 29.6 Å². The van der Waals surface area contributed by atoms with Gasteiger partial charge in [-0.3, -0.25) is 9.59 Å². The highest BCUT2D eigenvalue weighted by atomic mass is 19.1. The summed E-state index contributed by atoms with van der Waals surface area (Å²) in [6, 6.07) is 3.61. The van der Waals surface area contributed by atoms with Crippen molar-refractivity contribution in [1.29, 1.82) is 0 Å². The molecule has 1 atom stereocenters. The van der Waals surface area contributed by atoms with Crippen LogP contribution in [0.1, 0.15) is 18.9 Å². The molecule has 1 aromatic rings. The highest BCUT2D eigenvalue weighted by Crippen LogP contribution is 2.38. The highest BCUT2D eigenvalue weighted by molar-refractivity contribution is 6.06. The molecule has 0 aromatic heterocycles. The normalized spacial score (nSPS) is 22.8. The third-order valence-electron chi connectivity index (χ3n) is 2.56. The number of hydrogen-bond acceptors (Lipinski definition) is 3. The Morgan fingerprint density at radius 1 is 1.56 bits per heavy atom. The molecule has 5 heteroatoms. The van der Waals surface area contributed by atoms with Crippen LogP contribution in [0.25, 0.3) is 0 Å². The lowest BCUT2D eigenvalue weighted by Gasteiger charge is -2.18. The van der Waals surface area contributed by atoms with Gasteiger partial charge in [0.2, 0.25) is 0 Å². The zero-order chi connectivity index (χ0) is 11.9. The number of halogens is 1. The summed E-state index contributed by atoms with van der Waals surface area (Å²) in [5, 5.41) is 12.5. The third kappa shape index (κ3) is 1.49. The van der Waals surface area contributed by atoms with Crippen molar-refractivity contribution in [2.75, 3.05) is 5.32 Å². The fraction of sp³-hybridized carbons (Fsp3) is 0.273. The number of hydrogen-bond donors (Lipinski definition) is 2. The van der Waals surface area contributed by atoms with Crippen LogP contribution >= 0.6 is 0 Å². The molecule has 0 unspecified atom stereocenters. The SMILES string of the molecule is CC(=O)C[C@]1(O)C(=O)Nc2ccc(F)cc21. The van der Waals surface area contributed by atoms with Gasteiger partial charge in [0.25, 0.3) is 5.91 Å². The fourth-order valence-electron chi connectivity index (χ4n) is 1.85. The maximum atomic E-state index is 13.0. The van der Waals surface area contributed by atoms with Crippen molar-refractivity contribution in [1.82, 2.24) is 0 Å². The number of ketones is 1. The predicted octanol–water partition coefficient (Wildman–Crippen LogP) is 0.944. The van der Waals surface area contributed by atoms with Gasteiger partial charge in [-0.1, -0.05) is 0 Å². The Labute approximate surface area is 91.1 Å². The zero-order valence-electron chi connectivity index (χ0n) is 8.58. The van der Waals surface area contributed by atoms with Crippen LogP contribution in [0.15, 0.2) is 18.2 Å². The van der Waals surface area contributed by atoms with Crippen molar-refractivity contribution in [3.8, 4) is 0 Å². The Morgan fingerprint density at radius 3 is 2.88 bits per heavy atom. The molecule has 1 heterocycles. The lowest BCUT2D eigenvalue weighted by Crippen LogP contribution is -2.36. The Balaban J connectivity index is 2.53. The molecule has 0 radical (unpaired) electrons. The van der Waals surface area contributed by atoms with Gasteiger partial charge < -0.3 is 10.4 Å². The van der Waals surface area contributed by atoms with E-state index in [-0.39, 0.29) is 17.8 Å². The number of rotatable bonds is 2. The number of carbonyl (C=O) groups is 2. The first-order chi connectivity index (χ1) is 7.43. The summed E-state index contributed by atoms with van der Waals surface area (Å²) in [6.45, 7) is 1.27. The predicted molar refractivity (Wildman–Crippen MR) is 54.2 cm³/mol. The first-order valence-corrected chi connectivity index (χ1v) is 4.77. The number of aliphatic hydroxyl groups is 1. The molecule has 1 amide bonds. The van der Waals surface area contributed by atoms with Crippen molar-refractivity contribution in [2.45, 2.75) is 18.9 Å². The van der Waals surface area contributed by atoms with Crippen molar-refractivity contribution in [2.24, 2.45) is 0 Å². The second kappa shape index (κ2) is 3.38. The number of nitrogens with one attached hydrogen (secondary N) is 1. The van der Waals surface area contributed by atoms with Crippen molar-refractivity contribution in [3.63, 3.8) is 0 Å². The van der Waals surface area contributed by atoms with Gasteiger partial charge in [0.1, 0.15) is 11.6 Å². The Morgan fingerprint density at radius 2 is 2.25 bits per heavy atom. The third-order valence-corrected chi connectivity index (χ3v) is 2.56. The summed E-state index contributed by atoms with van der Waals surface area (Å²) in [5.41, 5.74) is -1.48. The molecule has 1 aliphatic rings. The van der Waals surface area contributed by atoms with E-state index in [0.717, 1.165) is 6.07 Å². The Kier molecular flexibility index (Phi) is 2.27. The number of carbonyl (C=O) groups excluding carboxylic acids is 2. The zero-order valence-corrected chi connectivity index (χ0v) is 8.58. The number of fused-ring (bicyclic) bond motifs is 1. The lowest BCUT2D eigenvalue weighted by molar-refractivity contribution is -0.139. The molecular formula is C11H10FNO3. The van der Waals surface area contributed by atoms with Gasteiger partial charge in [0.05, 0.1) is 0 Å². The molecule has 1 aliphatic heterocycles. The van der Waals surface area contributed by atoms with E-state index in [1.54, 1.807) is 0 Å². The van der Waals surface area contributed by atoms with Crippen LogP contribution in [-0.2, 0) is 15.2 Å². The fourth-order valence-corrected chi connectivity index (χ4v) is 1.85. The van der Waals surface area contributed by atoms with Crippen LogP contribution in [0.2, 0.25) is 0 Å². The minimum atomic E-state index is -1.94. The molecule has 16 heavy (non-hydrogen) atoms. The molecule has 2 N–H and O–H groups in total. The standard InChI is InChI=1S/C11H10FNO3/c1-6(14)5-11(16)8-4-7(12)2-3-9(8)13-10(11)15/h2-4,16H,5H2,1H3,(H,13,15)/t11-/m1/s1. The molecule has 0 saturated carbocycles. The molecule has 1 aromatic carbocycles. The van der Waals surface area contributed by atoms with E-state index in [1.165, 1.54) is 19.1 Å². The number of benzene rings is 1. The number of amides is 1. The molecule has 0 saturated heterocycles. The maximum Gasteiger partial charge on any atom is 0.261 e. The second-order valence-electron chi connectivity index (χ2n) is 3.88. The molecule has 0 bridgehead atoms. The first kappa shape index (κ1) is 10.8. The van der Waals surface area contributed by atoms with Crippen LogP contribution < -0.4 is 5.32 Å². The molecule has 4 nitrogen and oxygen atoms in total. The van der Waals surface area contributed by atoms with E-state index >= 15 is 0 Å². The van der Waals surface area contributed by atoms with Crippen LogP contribution in [-0.4, -0.2) is 16.8 Å². The van der Waals surface area contributed by atoms with Gasteiger partial charge in [-0.15, -0.1) is 0 Å². The van der Waals surface area contributed by atoms with Crippen LogP contribution in [0.4, 0.5) is 10.1 Å². The summed E-state index contributed by atoms with van der Waals surface area (Å²) < 4.78 is 13.0. The Hall–Kier alpha value is -1.75. The lowest BCUT2D eigenvalue weighted by atomic mass is 9.90. The van der Waals surface area contributed by atoms with Crippen LogP contribution in [0, 0.1) is 5.82 Å². The smallest absolute Gasteiger partial charge is 0.261 e. The van der Waals surface area contributed by atoms with Gasteiger partial charge in [-0.25, -0.2) is 4.39 Å². The molecule has 0 spiro atoms. The Bertz CT molecular complexity index is 486. The molecule has 2 rings (SSSR count). The molecule has 0 fully saturated rings. The highest BCUT2D eigenvalue weighted by Gasteiger charge is 2.46. The maximum absolute atomic E-state index is 13.0. The minimum Gasteiger partial charge on any atom is -0.375 e. The van der Waals surface area contributed by atoms with E-state index in [2.05, 4.69) is 5.32 Å². The van der Waals surface area contributed by atoms with E-state index in [9.17, 15) is 19.1 Å². The summed E-state index contributed by atoms with van der Waals surface area (Å²) in [5.74, 6) is -1.59. The monoisotopic (exact) mass is 223 g/mol. The van der Waals surface area contributed by atoms with E-state index in [4.69, 9.17) is 0 Å². The largest absolute Gasteiger partial charge is 0.375 e. The summed E-state index contributed by atoms with van der Waals surface area (Å²) >= 11 is 0. The molecular weight excluding hydrogens is 213 g/mol. The average Bonchev–Trinajstić information content (AvgIpc) is 2.40. The van der Waals surface area contributed by atoms with E-state index < -0.39 is 17.3 Å². The topological polar surface area (TPSA) is 66.4 Å². The second-order valence-corrected chi connectivity index (χ2v) is 3.88. The minimum absolute atomic E-state index is 0.118. The molecule has 84 valence electrons. The summed E-state index contributed by atoms with van der Waals surface area (Å²) in [7, 11) is 0.